The summed E-state index contributed by atoms with van der Waals surface area (Å²) in [6.07, 6.45) is 1.36. The van der Waals surface area contributed by atoms with Gasteiger partial charge in [-0.3, -0.25) is 15.6 Å². The lowest BCUT2D eigenvalue weighted by molar-refractivity contribution is -0.121. The fraction of sp³-hybridized carbons (Fsp3) is 0.0800. The molecule has 1 heterocycles. The maximum absolute atomic E-state index is 13.2. The van der Waals surface area contributed by atoms with Crippen molar-refractivity contribution in [2.75, 3.05) is 23.6 Å². The number of aromatic nitrogens is 2. The molecular formula is C25H24N6O2. The van der Waals surface area contributed by atoms with Crippen LogP contribution in [-0.4, -0.2) is 23.0 Å². The molecule has 8 heteroatoms. The van der Waals surface area contributed by atoms with Gasteiger partial charge in [0.1, 0.15) is 17.8 Å². The number of hydrogen-bond acceptors (Lipinski definition) is 7. The van der Waals surface area contributed by atoms with Gasteiger partial charge in [0.2, 0.25) is 5.91 Å². The maximum Gasteiger partial charge on any atom is 0.250 e. The molecular weight excluding hydrogens is 416 g/mol. The van der Waals surface area contributed by atoms with Crippen LogP contribution in [0, 0.1) is 0 Å². The Hall–Kier alpha value is -4.59. The standard InChI is InChI=1S/C25H24N6O2/c1-33-20-15-9-8-14-19(20)29-23-22(26)24(28-16-27-23)30-31-25(32)21(17-10-4-2-5-11-17)18-12-6-3-7-13-18/h2-16,21H,26H2,1H3,(H,31,32)(H2,27,28,29,30). The lowest BCUT2D eigenvalue weighted by Crippen LogP contribution is -2.35. The molecule has 0 saturated carbocycles. The minimum Gasteiger partial charge on any atom is -0.495 e. The van der Waals surface area contributed by atoms with E-state index < -0.39 is 5.92 Å². The van der Waals surface area contributed by atoms with Gasteiger partial charge in [0.25, 0.3) is 0 Å². The van der Waals surface area contributed by atoms with E-state index in [1.165, 1.54) is 6.33 Å². The number of carbonyl (C=O) groups excluding carboxylic acids is 1. The van der Waals surface area contributed by atoms with Gasteiger partial charge in [-0.2, -0.15) is 0 Å². The van der Waals surface area contributed by atoms with E-state index in [9.17, 15) is 4.79 Å². The number of amides is 1. The third-order valence-corrected chi connectivity index (χ3v) is 5.08. The Kier molecular flexibility index (Phi) is 6.65. The normalized spacial score (nSPS) is 10.5. The molecule has 1 aromatic heterocycles. The first-order valence-electron chi connectivity index (χ1n) is 10.3. The Morgan fingerprint density at radius 2 is 1.42 bits per heavy atom. The van der Waals surface area contributed by atoms with E-state index in [2.05, 4.69) is 26.1 Å². The first kappa shape index (κ1) is 21.6. The fourth-order valence-corrected chi connectivity index (χ4v) is 3.45. The average Bonchev–Trinajstić information content (AvgIpc) is 2.86. The molecule has 33 heavy (non-hydrogen) atoms. The Morgan fingerprint density at radius 3 is 2.06 bits per heavy atom. The zero-order valence-electron chi connectivity index (χ0n) is 18.0. The van der Waals surface area contributed by atoms with Crippen LogP contribution in [0.25, 0.3) is 0 Å². The highest BCUT2D eigenvalue weighted by molar-refractivity contribution is 5.89. The van der Waals surface area contributed by atoms with Crippen molar-refractivity contribution in [3.63, 3.8) is 0 Å². The number of carbonyl (C=O) groups is 1. The van der Waals surface area contributed by atoms with Crippen molar-refractivity contribution in [3.05, 3.63) is 102 Å². The molecule has 4 rings (SSSR count). The zero-order valence-corrected chi connectivity index (χ0v) is 18.0. The monoisotopic (exact) mass is 440 g/mol. The molecule has 0 aliphatic carbocycles. The molecule has 1 amide bonds. The predicted octanol–water partition coefficient (Wildman–Crippen LogP) is 4.09. The summed E-state index contributed by atoms with van der Waals surface area (Å²) >= 11 is 0. The largest absolute Gasteiger partial charge is 0.495 e. The maximum atomic E-state index is 13.2. The number of nitrogens with one attached hydrogen (secondary N) is 3. The molecule has 8 nitrogen and oxygen atoms in total. The summed E-state index contributed by atoms with van der Waals surface area (Å²) in [6, 6.07) is 26.6. The molecule has 0 aliphatic rings. The van der Waals surface area contributed by atoms with E-state index >= 15 is 0 Å². The lowest BCUT2D eigenvalue weighted by atomic mass is 9.91. The van der Waals surface area contributed by atoms with Crippen LogP contribution in [0.15, 0.2) is 91.3 Å². The molecule has 0 radical (unpaired) electrons. The van der Waals surface area contributed by atoms with Crippen LogP contribution in [0.4, 0.5) is 23.0 Å². The van der Waals surface area contributed by atoms with Crippen LogP contribution in [-0.2, 0) is 4.79 Å². The molecule has 0 spiro atoms. The van der Waals surface area contributed by atoms with Gasteiger partial charge in [0.05, 0.1) is 18.7 Å². The fourth-order valence-electron chi connectivity index (χ4n) is 3.45. The van der Waals surface area contributed by atoms with Crippen molar-refractivity contribution in [2.45, 2.75) is 5.92 Å². The van der Waals surface area contributed by atoms with Gasteiger partial charge in [0.15, 0.2) is 11.6 Å². The van der Waals surface area contributed by atoms with Crippen molar-refractivity contribution in [3.8, 4) is 5.75 Å². The van der Waals surface area contributed by atoms with Crippen molar-refractivity contribution in [1.82, 2.24) is 15.4 Å². The van der Waals surface area contributed by atoms with Crippen molar-refractivity contribution in [2.24, 2.45) is 0 Å². The Morgan fingerprint density at radius 1 is 0.848 bits per heavy atom. The molecule has 4 aromatic rings. The van der Waals surface area contributed by atoms with E-state index in [-0.39, 0.29) is 17.4 Å². The summed E-state index contributed by atoms with van der Waals surface area (Å²) in [7, 11) is 1.59. The van der Waals surface area contributed by atoms with Crippen molar-refractivity contribution >= 4 is 28.9 Å². The second-order valence-electron chi connectivity index (χ2n) is 7.18. The summed E-state index contributed by atoms with van der Waals surface area (Å²) in [4.78, 5) is 21.6. The van der Waals surface area contributed by atoms with E-state index in [4.69, 9.17) is 10.5 Å². The number of nitrogen functional groups attached to an aromatic ring is 1. The predicted molar refractivity (Wildman–Crippen MR) is 129 cm³/mol. The molecule has 0 saturated heterocycles. The highest BCUT2D eigenvalue weighted by Crippen LogP contribution is 2.31. The molecule has 3 aromatic carbocycles. The average molecular weight is 441 g/mol. The van der Waals surface area contributed by atoms with Gasteiger partial charge in [-0.25, -0.2) is 9.97 Å². The number of anilines is 4. The van der Waals surface area contributed by atoms with Gasteiger partial charge >= 0.3 is 0 Å². The highest BCUT2D eigenvalue weighted by atomic mass is 16.5. The quantitative estimate of drug-likeness (QED) is 0.305. The first-order chi connectivity index (χ1) is 16.2. The minimum atomic E-state index is -0.505. The number of para-hydroxylation sites is 2. The van der Waals surface area contributed by atoms with Crippen LogP contribution < -0.4 is 26.6 Å². The van der Waals surface area contributed by atoms with Crippen molar-refractivity contribution < 1.29 is 9.53 Å². The number of hydrogen-bond donors (Lipinski definition) is 4. The number of ether oxygens (including phenoxy) is 1. The van der Waals surface area contributed by atoms with E-state index in [1.807, 2.05) is 84.9 Å². The summed E-state index contributed by atoms with van der Waals surface area (Å²) in [5.74, 6) is 0.551. The van der Waals surface area contributed by atoms with Gasteiger partial charge in [-0.15, -0.1) is 0 Å². The van der Waals surface area contributed by atoms with Crippen LogP contribution in [0.2, 0.25) is 0 Å². The van der Waals surface area contributed by atoms with Crippen LogP contribution in [0.3, 0.4) is 0 Å². The molecule has 0 fully saturated rings. The van der Waals surface area contributed by atoms with Crippen LogP contribution >= 0.6 is 0 Å². The molecule has 0 bridgehead atoms. The Labute approximate surface area is 191 Å². The number of benzene rings is 3. The zero-order chi connectivity index (χ0) is 23.0. The smallest absolute Gasteiger partial charge is 0.250 e. The number of rotatable bonds is 8. The summed E-state index contributed by atoms with van der Waals surface area (Å²) in [6.45, 7) is 0. The molecule has 166 valence electrons. The van der Waals surface area contributed by atoms with Gasteiger partial charge < -0.3 is 15.8 Å². The second kappa shape index (κ2) is 10.1. The third-order valence-electron chi connectivity index (χ3n) is 5.08. The number of nitrogens with zero attached hydrogens (tertiary/aromatic N) is 2. The Bertz CT molecular complexity index is 1180. The molecule has 0 atom stereocenters. The van der Waals surface area contributed by atoms with Crippen molar-refractivity contribution in [1.29, 1.82) is 0 Å². The third kappa shape index (κ3) is 5.01. The van der Waals surface area contributed by atoms with E-state index in [0.29, 0.717) is 17.3 Å². The second-order valence-corrected chi connectivity index (χ2v) is 7.18. The SMILES string of the molecule is COc1ccccc1Nc1ncnc(NNC(=O)C(c2ccccc2)c2ccccc2)c1N. The summed E-state index contributed by atoms with van der Waals surface area (Å²) < 4.78 is 5.36. The molecule has 0 aliphatic heterocycles. The van der Waals surface area contributed by atoms with Crippen LogP contribution in [0.1, 0.15) is 17.0 Å². The number of hydrazine groups is 1. The summed E-state index contributed by atoms with van der Waals surface area (Å²) in [5.41, 5.74) is 14.5. The minimum absolute atomic E-state index is 0.246. The topological polar surface area (TPSA) is 114 Å². The number of methoxy groups -OCH3 is 1. The van der Waals surface area contributed by atoms with Gasteiger partial charge in [0, 0.05) is 0 Å². The molecule has 5 N–H and O–H groups in total. The summed E-state index contributed by atoms with van der Waals surface area (Å²) in [5, 5.41) is 3.14. The number of nitrogens with two attached hydrogens (primary N) is 1. The lowest BCUT2D eigenvalue weighted by Gasteiger charge is -2.19. The van der Waals surface area contributed by atoms with E-state index in [1.54, 1.807) is 7.11 Å². The first-order valence-corrected chi connectivity index (χ1v) is 10.3. The Balaban J connectivity index is 1.53. The van der Waals surface area contributed by atoms with Crippen LogP contribution in [0.5, 0.6) is 5.75 Å². The van der Waals surface area contributed by atoms with E-state index in [0.717, 1.165) is 11.1 Å². The highest BCUT2D eigenvalue weighted by Gasteiger charge is 2.23. The molecule has 0 unspecified atom stereocenters. The van der Waals surface area contributed by atoms with Gasteiger partial charge in [-0.1, -0.05) is 72.8 Å². The van der Waals surface area contributed by atoms with Gasteiger partial charge in [-0.05, 0) is 23.3 Å².